The number of amides is 1. The molecule has 2 aromatic carbocycles. The lowest BCUT2D eigenvalue weighted by atomic mass is 10.1. The van der Waals surface area contributed by atoms with Gasteiger partial charge >= 0.3 is 0 Å². The van der Waals surface area contributed by atoms with E-state index in [-0.39, 0.29) is 28.9 Å². The van der Waals surface area contributed by atoms with Gasteiger partial charge in [-0.3, -0.25) is 4.79 Å². The van der Waals surface area contributed by atoms with E-state index in [1.807, 2.05) is 19.1 Å². The van der Waals surface area contributed by atoms with E-state index < -0.39 is 10.0 Å². The second-order valence-corrected chi connectivity index (χ2v) is 8.89. The Morgan fingerprint density at radius 2 is 1.54 bits per heavy atom. The number of carbonyl (C=O) groups excluding carboxylic acids is 1. The van der Waals surface area contributed by atoms with Gasteiger partial charge in [-0.25, -0.2) is 8.42 Å². The van der Waals surface area contributed by atoms with Crippen molar-refractivity contribution in [1.82, 2.24) is 9.21 Å². The molecule has 1 heterocycles. The Morgan fingerprint density at radius 1 is 0.923 bits per heavy atom. The SMILES string of the molecule is Cc1ccc(C(=O)N2CCN(S(=O)(=O)c3ccc(Cl)c(Cl)c3)CC2)cc1. The van der Waals surface area contributed by atoms with Gasteiger partial charge < -0.3 is 4.90 Å². The number of rotatable bonds is 3. The predicted molar refractivity (Wildman–Crippen MR) is 102 cm³/mol. The first-order chi connectivity index (χ1) is 12.3. The van der Waals surface area contributed by atoms with Crippen molar-refractivity contribution in [2.45, 2.75) is 11.8 Å². The third-order valence-corrected chi connectivity index (χ3v) is 6.99. The van der Waals surface area contributed by atoms with Crippen molar-refractivity contribution in [3.63, 3.8) is 0 Å². The topological polar surface area (TPSA) is 57.7 Å². The van der Waals surface area contributed by atoms with E-state index in [4.69, 9.17) is 23.2 Å². The first kappa shape index (κ1) is 19.2. The summed E-state index contributed by atoms with van der Waals surface area (Å²) in [7, 11) is -3.67. The first-order valence-corrected chi connectivity index (χ1v) is 10.3. The standard InChI is InChI=1S/C18H18Cl2N2O3S/c1-13-2-4-14(5-3-13)18(23)21-8-10-22(11-9-21)26(24,25)15-6-7-16(19)17(20)12-15/h2-7,12H,8-11H2,1H3. The van der Waals surface area contributed by atoms with Crippen molar-refractivity contribution < 1.29 is 13.2 Å². The van der Waals surface area contributed by atoms with Crippen molar-refractivity contribution >= 4 is 39.1 Å². The summed E-state index contributed by atoms with van der Waals surface area (Å²) in [5, 5.41) is 0.500. The Balaban J connectivity index is 1.70. The lowest BCUT2D eigenvalue weighted by molar-refractivity contribution is 0.0698. The van der Waals surface area contributed by atoms with Crippen molar-refractivity contribution in [2.75, 3.05) is 26.2 Å². The number of carbonyl (C=O) groups is 1. The highest BCUT2D eigenvalue weighted by atomic mass is 35.5. The van der Waals surface area contributed by atoms with Crippen LogP contribution in [0.25, 0.3) is 0 Å². The molecule has 0 bridgehead atoms. The number of sulfonamides is 1. The number of aryl methyl sites for hydroxylation is 1. The zero-order chi connectivity index (χ0) is 18.9. The molecule has 3 rings (SSSR count). The molecule has 1 saturated heterocycles. The Bertz CT molecular complexity index is 922. The molecule has 0 unspecified atom stereocenters. The van der Waals surface area contributed by atoms with Crippen LogP contribution in [0.5, 0.6) is 0 Å². The van der Waals surface area contributed by atoms with Crippen molar-refractivity contribution in [1.29, 1.82) is 0 Å². The maximum atomic E-state index is 12.8. The van der Waals surface area contributed by atoms with Gasteiger partial charge in [0.1, 0.15) is 0 Å². The summed E-state index contributed by atoms with van der Waals surface area (Å²) in [5.41, 5.74) is 1.69. The van der Waals surface area contributed by atoms with Crippen LogP contribution in [0.3, 0.4) is 0 Å². The Kier molecular flexibility index (Phi) is 5.58. The smallest absolute Gasteiger partial charge is 0.253 e. The van der Waals surface area contributed by atoms with Gasteiger partial charge in [-0.1, -0.05) is 40.9 Å². The van der Waals surface area contributed by atoms with E-state index in [9.17, 15) is 13.2 Å². The van der Waals surface area contributed by atoms with Gasteiger partial charge in [-0.2, -0.15) is 4.31 Å². The van der Waals surface area contributed by atoms with Crippen LogP contribution in [0.4, 0.5) is 0 Å². The van der Waals surface area contributed by atoms with Crippen molar-refractivity contribution in [2.24, 2.45) is 0 Å². The number of hydrogen-bond acceptors (Lipinski definition) is 3. The number of benzene rings is 2. The lowest BCUT2D eigenvalue weighted by Gasteiger charge is -2.34. The van der Waals surface area contributed by atoms with E-state index in [0.29, 0.717) is 23.7 Å². The van der Waals surface area contributed by atoms with Crippen LogP contribution >= 0.6 is 23.2 Å². The average molecular weight is 413 g/mol. The Labute approximate surface area is 163 Å². The number of halogens is 2. The number of hydrogen-bond donors (Lipinski definition) is 0. The highest BCUT2D eigenvalue weighted by Crippen LogP contribution is 2.27. The van der Waals surface area contributed by atoms with E-state index >= 15 is 0 Å². The third kappa shape index (κ3) is 3.88. The number of nitrogens with zero attached hydrogens (tertiary/aromatic N) is 2. The number of piperazine rings is 1. The van der Waals surface area contributed by atoms with Gasteiger partial charge in [0.15, 0.2) is 0 Å². The Morgan fingerprint density at radius 3 is 2.12 bits per heavy atom. The fraction of sp³-hybridized carbons (Fsp3) is 0.278. The third-order valence-electron chi connectivity index (χ3n) is 4.35. The molecule has 26 heavy (non-hydrogen) atoms. The van der Waals surface area contributed by atoms with E-state index in [1.165, 1.54) is 22.5 Å². The van der Waals surface area contributed by atoms with Crippen LogP contribution in [0, 0.1) is 6.92 Å². The highest BCUT2D eigenvalue weighted by Gasteiger charge is 2.30. The first-order valence-electron chi connectivity index (χ1n) is 8.10. The molecule has 5 nitrogen and oxygen atoms in total. The van der Waals surface area contributed by atoms with Crippen LogP contribution in [0.2, 0.25) is 10.0 Å². The van der Waals surface area contributed by atoms with E-state index in [0.717, 1.165) is 5.56 Å². The molecule has 0 saturated carbocycles. The normalized spacial score (nSPS) is 15.9. The predicted octanol–water partition coefficient (Wildman–Crippen LogP) is 3.45. The van der Waals surface area contributed by atoms with Crippen LogP contribution in [-0.2, 0) is 10.0 Å². The van der Waals surface area contributed by atoms with Gasteiger partial charge in [0.25, 0.3) is 5.91 Å². The van der Waals surface area contributed by atoms with E-state index in [1.54, 1.807) is 17.0 Å². The van der Waals surface area contributed by atoms with Gasteiger partial charge in [-0.15, -0.1) is 0 Å². The van der Waals surface area contributed by atoms with Gasteiger partial charge in [0.2, 0.25) is 10.0 Å². The van der Waals surface area contributed by atoms with Crippen molar-refractivity contribution in [3.8, 4) is 0 Å². The largest absolute Gasteiger partial charge is 0.336 e. The van der Waals surface area contributed by atoms with Crippen LogP contribution in [0.1, 0.15) is 15.9 Å². The second-order valence-electron chi connectivity index (χ2n) is 6.14. The maximum Gasteiger partial charge on any atom is 0.253 e. The summed E-state index contributed by atoms with van der Waals surface area (Å²) < 4.78 is 26.9. The zero-order valence-electron chi connectivity index (χ0n) is 14.2. The molecule has 0 N–H and O–H groups in total. The summed E-state index contributed by atoms with van der Waals surface area (Å²) in [6.45, 7) is 3.11. The van der Waals surface area contributed by atoms with Gasteiger partial charge in [0, 0.05) is 31.7 Å². The molecule has 8 heteroatoms. The molecular formula is C18H18Cl2N2O3S. The maximum absolute atomic E-state index is 12.8. The Hall–Kier alpha value is -1.60. The average Bonchev–Trinajstić information content (AvgIpc) is 2.64. The molecule has 0 spiro atoms. The molecule has 0 aromatic heterocycles. The van der Waals surface area contributed by atoms with Crippen LogP contribution in [0.15, 0.2) is 47.4 Å². The monoisotopic (exact) mass is 412 g/mol. The quantitative estimate of drug-likeness (QED) is 0.775. The van der Waals surface area contributed by atoms with E-state index in [2.05, 4.69) is 0 Å². The minimum atomic E-state index is -3.67. The van der Waals surface area contributed by atoms with Crippen molar-refractivity contribution in [3.05, 3.63) is 63.6 Å². The van der Waals surface area contributed by atoms with Crippen LogP contribution < -0.4 is 0 Å². The molecule has 138 valence electrons. The molecule has 2 aromatic rings. The summed E-state index contributed by atoms with van der Waals surface area (Å²) in [5.74, 6) is -0.0865. The highest BCUT2D eigenvalue weighted by molar-refractivity contribution is 7.89. The minimum absolute atomic E-state index is 0.0865. The van der Waals surface area contributed by atoms with Gasteiger partial charge in [0.05, 0.1) is 14.9 Å². The molecule has 1 aliphatic rings. The second kappa shape index (κ2) is 7.56. The summed E-state index contributed by atoms with van der Waals surface area (Å²) in [6, 6.07) is 11.6. The molecule has 1 aliphatic heterocycles. The molecular weight excluding hydrogens is 395 g/mol. The summed E-state index contributed by atoms with van der Waals surface area (Å²) >= 11 is 11.8. The molecule has 1 fully saturated rings. The van der Waals surface area contributed by atoms with Crippen LogP contribution in [-0.4, -0.2) is 49.7 Å². The summed E-state index contributed by atoms with van der Waals surface area (Å²) in [6.07, 6.45) is 0. The minimum Gasteiger partial charge on any atom is -0.336 e. The molecule has 1 amide bonds. The molecule has 0 atom stereocenters. The fourth-order valence-corrected chi connectivity index (χ4v) is 4.61. The molecule has 0 aliphatic carbocycles. The zero-order valence-corrected chi connectivity index (χ0v) is 16.5. The van der Waals surface area contributed by atoms with Gasteiger partial charge in [-0.05, 0) is 37.3 Å². The summed E-state index contributed by atoms with van der Waals surface area (Å²) in [4.78, 5) is 14.3. The molecule has 0 radical (unpaired) electrons. The lowest BCUT2D eigenvalue weighted by Crippen LogP contribution is -2.50. The fourth-order valence-electron chi connectivity index (χ4n) is 2.80.